The van der Waals surface area contributed by atoms with Gasteiger partial charge < -0.3 is 4.90 Å². The molecule has 0 atom stereocenters. The molecule has 160 valence electrons. The molecule has 1 aromatic heterocycles. The zero-order valence-electron chi connectivity index (χ0n) is 16.9. The molecule has 4 rings (SSSR count). The quantitative estimate of drug-likeness (QED) is 0.708. The minimum Gasteiger partial charge on any atom is -0.338 e. The Balaban J connectivity index is 0.00000150. The summed E-state index contributed by atoms with van der Waals surface area (Å²) in [7, 11) is 0. The number of hydrogen-bond acceptors (Lipinski definition) is 5. The Morgan fingerprint density at radius 2 is 1.83 bits per heavy atom. The summed E-state index contributed by atoms with van der Waals surface area (Å²) >= 11 is 0. The second-order valence-corrected chi connectivity index (χ2v) is 7.56. The van der Waals surface area contributed by atoms with Crippen LogP contribution in [0.25, 0.3) is 0 Å². The number of halogens is 3. The highest BCUT2D eigenvalue weighted by atomic mass is 35.5. The summed E-state index contributed by atoms with van der Waals surface area (Å²) in [6.07, 6.45) is 4.13. The molecule has 5 nitrogen and oxygen atoms in total. The first-order valence-corrected chi connectivity index (χ1v) is 10.00. The molecular weight excluding hydrogens is 412 g/mol. The molecule has 1 saturated heterocycles. The Labute approximate surface area is 185 Å². The lowest BCUT2D eigenvalue weighted by atomic mass is 10.1. The summed E-state index contributed by atoms with van der Waals surface area (Å²) in [6, 6.07) is 6.87. The second-order valence-electron chi connectivity index (χ2n) is 7.56. The molecule has 3 heterocycles. The van der Waals surface area contributed by atoms with Gasteiger partial charge in [-0.3, -0.25) is 9.80 Å². The first-order valence-electron chi connectivity index (χ1n) is 10.00. The van der Waals surface area contributed by atoms with Gasteiger partial charge in [0, 0.05) is 64.0 Å². The topological polar surface area (TPSA) is 35.5 Å². The molecule has 1 fully saturated rings. The largest absolute Gasteiger partial charge is 0.338 e. The van der Waals surface area contributed by atoms with E-state index in [1.807, 2.05) is 12.3 Å². The van der Waals surface area contributed by atoms with Gasteiger partial charge in [-0.15, -0.1) is 24.8 Å². The van der Waals surface area contributed by atoms with E-state index >= 15 is 0 Å². The van der Waals surface area contributed by atoms with E-state index in [0.29, 0.717) is 0 Å². The second kappa shape index (κ2) is 11.1. The average molecular weight is 442 g/mol. The van der Waals surface area contributed by atoms with Crippen LogP contribution < -0.4 is 4.90 Å². The molecule has 0 unspecified atom stereocenters. The van der Waals surface area contributed by atoms with E-state index in [9.17, 15) is 4.39 Å². The standard InChI is InChI=1S/C21H28FN5.2ClH/c1-2-7-25-9-11-27(12-10-25)21-23-14-18-16-26(8-6-20(18)24-21)15-17-4-3-5-19(22)13-17;;/h3-5,13-14H,2,6-12,15-16H2,1H3;2*1H. The fraction of sp³-hybridized carbons (Fsp3) is 0.524. The highest BCUT2D eigenvalue weighted by molar-refractivity contribution is 5.85. The molecule has 2 aliphatic heterocycles. The van der Waals surface area contributed by atoms with Crippen LogP contribution in [0.4, 0.5) is 10.3 Å². The van der Waals surface area contributed by atoms with Crippen LogP contribution >= 0.6 is 24.8 Å². The number of aromatic nitrogens is 2. The van der Waals surface area contributed by atoms with Gasteiger partial charge in [-0.1, -0.05) is 19.1 Å². The van der Waals surface area contributed by atoms with Gasteiger partial charge in [-0.2, -0.15) is 0 Å². The molecule has 8 heteroatoms. The molecule has 2 aliphatic rings. The molecule has 1 aromatic carbocycles. The molecule has 0 N–H and O–H groups in total. The molecule has 2 aromatic rings. The van der Waals surface area contributed by atoms with Crippen LogP contribution in [0.2, 0.25) is 0 Å². The number of anilines is 1. The van der Waals surface area contributed by atoms with E-state index in [1.165, 1.54) is 30.3 Å². The molecule has 29 heavy (non-hydrogen) atoms. The smallest absolute Gasteiger partial charge is 0.225 e. The summed E-state index contributed by atoms with van der Waals surface area (Å²) in [6.45, 7) is 10.1. The number of hydrogen-bond donors (Lipinski definition) is 0. The maximum atomic E-state index is 13.4. The van der Waals surface area contributed by atoms with E-state index in [4.69, 9.17) is 4.98 Å². The lowest BCUT2D eigenvalue weighted by Crippen LogP contribution is -2.47. The fourth-order valence-corrected chi connectivity index (χ4v) is 4.03. The lowest BCUT2D eigenvalue weighted by molar-refractivity contribution is 0.242. The highest BCUT2D eigenvalue weighted by Gasteiger charge is 2.22. The van der Waals surface area contributed by atoms with Crippen molar-refractivity contribution in [3.05, 3.63) is 53.1 Å². The minimum absolute atomic E-state index is 0. The highest BCUT2D eigenvalue weighted by Crippen LogP contribution is 2.21. The van der Waals surface area contributed by atoms with Gasteiger partial charge in [0.15, 0.2) is 0 Å². The lowest BCUT2D eigenvalue weighted by Gasteiger charge is -2.35. The minimum atomic E-state index is -0.170. The first kappa shape index (κ1) is 23.8. The molecule has 0 radical (unpaired) electrons. The Bertz CT molecular complexity index is 783. The van der Waals surface area contributed by atoms with Crippen molar-refractivity contribution in [3.63, 3.8) is 0 Å². The Morgan fingerprint density at radius 1 is 1.03 bits per heavy atom. The van der Waals surface area contributed by atoms with Crippen LogP contribution in [0.15, 0.2) is 30.5 Å². The predicted molar refractivity (Wildman–Crippen MR) is 120 cm³/mol. The maximum Gasteiger partial charge on any atom is 0.225 e. The van der Waals surface area contributed by atoms with Crippen LogP contribution in [-0.2, 0) is 19.5 Å². The van der Waals surface area contributed by atoms with Crippen molar-refractivity contribution in [1.82, 2.24) is 19.8 Å². The van der Waals surface area contributed by atoms with E-state index in [0.717, 1.165) is 63.7 Å². The van der Waals surface area contributed by atoms with E-state index in [1.54, 1.807) is 12.1 Å². The maximum absolute atomic E-state index is 13.4. The molecule has 0 spiro atoms. The van der Waals surface area contributed by atoms with Crippen molar-refractivity contribution in [2.45, 2.75) is 32.9 Å². The summed E-state index contributed by atoms with van der Waals surface area (Å²) in [5.41, 5.74) is 3.39. The third kappa shape index (κ3) is 6.01. The molecule has 0 amide bonds. The van der Waals surface area contributed by atoms with Gasteiger partial charge in [0.25, 0.3) is 0 Å². The van der Waals surface area contributed by atoms with Gasteiger partial charge in [0.05, 0.1) is 5.69 Å². The monoisotopic (exact) mass is 441 g/mol. The van der Waals surface area contributed by atoms with Gasteiger partial charge in [-0.05, 0) is 30.7 Å². The Kier molecular flexibility index (Phi) is 9.08. The summed E-state index contributed by atoms with van der Waals surface area (Å²) < 4.78 is 13.4. The number of rotatable bonds is 5. The normalized spacial score (nSPS) is 17.2. The van der Waals surface area contributed by atoms with Crippen LogP contribution in [0.5, 0.6) is 0 Å². The third-order valence-electron chi connectivity index (χ3n) is 5.49. The van der Waals surface area contributed by atoms with E-state index in [-0.39, 0.29) is 30.6 Å². The van der Waals surface area contributed by atoms with Crippen molar-refractivity contribution in [3.8, 4) is 0 Å². The van der Waals surface area contributed by atoms with Crippen molar-refractivity contribution >= 4 is 30.8 Å². The first-order chi connectivity index (χ1) is 13.2. The fourth-order valence-electron chi connectivity index (χ4n) is 4.03. The van der Waals surface area contributed by atoms with Crippen molar-refractivity contribution in [2.75, 3.05) is 44.2 Å². The summed E-state index contributed by atoms with van der Waals surface area (Å²) in [5.74, 6) is 0.709. The van der Waals surface area contributed by atoms with E-state index in [2.05, 4.69) is 26.6 Å². The molecule has 0 bridgehead atoms. The zero-order valence-corrected chi connectivity index (χ0v) is 18.5. The zero-order chi connectivity index (χ0) is 18.6. The third-order valence-corrected chi connectivity index (χ3v) is 5.49. The van der Waals surface area contributed by atoms with Crippen molar-refractivity contribution in [1.29, 1.82) is 0 Å². The van der Waals surface area contributed by atoms with E-state index < -0.39 is 0 Å². The van der Waals surface area contributed by atoms with Gasteiger partial charge in [0.1, 0.15) is 5.82 Å². The summed E-state index contributed by atoms with van der Waals surface area (Å²) in [5, 5.41) is 0. The molecular formula is C21H30Cl2FN5. The van der Waals surface area contributed by atoms with Crippen molar-refractivity contribution in [2.24, 2.45) is 0 Å². The number of piperazine rings is 1. The van der Waals surface area contributed by atoms with Crippen LogP contribution in [0.1, 0.15) is 30.2 Å². The number of nitrogens with zero attached hydrogens (tertiary/aromatic N) is 5. The van der Waals surface area contributed by atoms with Gasteiger partial charge in [0.2, 0.25) is 5.95 Å². The Hall–Kier alpha value is -1.47. The van der Waals surface area contributed by atoms with Crippen LogP contribution in [0, 0.1) is 5.82 Å². The van der Waals surface area contributed by atoms with Crippen molar-refractivity contribution < 1.29 is 4.39 Å². The average Bonchev–Trinajstić information content (AvgIpc) is 2.68. The van der Waals surface area contributed by atoms with Gasteiger partial charge >= 0.3 is 0 Å². The predicted octanol–water partition coefficient (Wildman–Crippen LogP) is 3.55. The van der Waals surface area contributed by atoms with Crippen LogP contribution in [0.3, 0.4) is 0 Å². The number of benzene rings is 1. The molecule has 0 aliphatic carbocycles. The SMILES string of the molecule is CCCN1CCN(c2ncc3c(n2)CCN(Cc2cccc(F)c2)C3)CC1.Cl.Cl. The summed E-state index contributed by atoms with van der Waals surface area (Å²) in [4.78, 5) is 16.7. The Morgan fingerprint density at radius 3 is 2.55 bits per heavy atom. The molecule has 0 saturated carbocycles. The van der Waals surface area contributed by atoms with Crippen LogP contribution in [-0.4, -0.2) is 59.0 Å². The van der Waals surface area contributed by atoms with Gasteiger partial charge in [-0.25, -0.2) is 14.4 Å². The number of fused-ring (bicyclic) bond motifs is 1.